The number of phenolic OH excluding ortho intramolecular Hbond substituents is 1. The topological polar surface area (TPSA) is 79.1 Å². The first-order valence-electron chi connectivity index (χ1n) is 15.5. The van der Waals surface area contributed by atoms with E-state index in [4.69, 9.17) is 5.73 Å². The van der Waals surface area contributed by atoms with Gasteiger partial charge < -0.3 is 15.8 Å². The molecule has 0 amide bonds. The summed E-state index contributed by atoms with van der Waals surface area (Å²) in [7, 11) is 0. The maximum absolute atomic E-state index is 13.9. The molecule has 2 aromatic carbocycles. The summed E-state index contributed by atoms with van der Waals surface area (Å²) < 4.78 is 27.7. The standard InChI is InChI=1S/C20H26F2.C14H18N2O2.C2H6/c1-4-8-15(5-2)20(3,16-9-6-11-18(21)13-16)17-10-7-12-19(22)14-17;1-2-3-14(18)12(15)8-10-6-9-7-11(17)4-5-13(9)16-10;1-2/h6-7,9-11,13-15,19H,4-5,8,12H2,1-3H3;4-7,12,16-17H,2-3,8,15H2,1H3;1-2H3/t;12-;/m.0./s1. The number of hydrogen-bond acceptors (Lipinski definition) is 3. The third kappa shape index (κ3) is 9.12. The second-order valence-electron chi connectivity index (χ2n) is 11.0. The number of aromatic nitrogens is 1. The zero-order valence-corrected chi connectivity index (χ0v) is 26.2. The number of carbonyl (C=O) groups is 1. The molecule has 0 aliphatic heterocycles. The molecule has 4 atom stereocenters. The van der Waals surface area contributed by atoms with Gasteiger partial charge in [0.1, 0.15) is 23.5 Å². The molecule has 1 heterocycles. The van der Waals surface area contributed by atoms with Crippen LogP contribution in [0.5, 0.6) is 5.75 Å². The van der Waals surface area contributed by atoms with Crippen LogP contribution < -0.4 is 5.73 Å². The number of benzene rings is 2. The van der Waals surface area contributed by atoms with Gasteiger partial charge in [-0.3, -0.25) is 4.79 Å². The lowest BCUT2D eigenvalue weighted by Gasteiger charge is -2.40. The molecule has 0 radical (unpaired) electrons. The van der Waals surface area contributed by atoms with Gasteiger partial charge in [0.15, 0.2) is 0 Å². The SMILES string of the molecule is CC.CCCC(=O)[C@@H](N)Cc1cc2cc(O)ccc2[nH]1.CCCC(CC)C(C)(C1=CC(F)CC=C1)c1cccc(F)c1. The molecule has 1 aromatic heterocycles. The number of ketones is 1. The number of aromatic amines is 1. The fourth-order valence-corrected chi connectivity index (χ4v) is 5.76. The van der Waals surface area contributed by atoms with Crippen molar-refractivity contribution in [1.29, 1.82) is 0 Å². The molecule has 230 valence electrons. The first-order chi connectivity index (χ1) is 20.1. The van der Waals surface area contributed by atoms with Gasteiger partial charge in [0.05, 0.1) is 6.04 Å². The Balaban J connectivity index is 0.000000282. The number of nitrogens with one attached hydrogen (secondary N) is 1. The van der Waals surface area contributed by atoms with E-state index in [0.29, 0.717) is 25.2 Å². The summed E-state index contributed by atoms with van der Waals surface area (Å²) in [4.78, 5) is 14.8. The quantitative estimate of drug-likeness (QED) is 0.211. The predicted octanol–water partition coefficient (Wildman–Crippen LogP) is 9.27. The van der Waals surface area contributed by atoms with Crippen molar-refractivity contribution < 1.29 is 18.7 Å². The van der Waals surface area contributed by atoms with Gasteiger partial charge in [-0.05, 0) is 72.4 Å². The lowest BCUT2D eigenvalue weighted by molar-refractivity contribution is -0.120. The number of nitrogens with two attached hydrogens (primary N) is 1. The van der Waals surface area contributed by atoms with Gasteiger partial charge in [0, 0.05) is 41.3 Å². The molecule has 42 heavy (non-hydrogen) atoms. The molecule has 1 aliphatic carbocycles. The number of H-pyrrole nitrogens is 1. The van der Waals surface area contributed by atoms with Gasteiger partial charge >= 0.3 is 0 Å². The number of carbonyl (C=O) groups excluding carboxylic acids is 1. The van der Waals surface area contributed by atoms with Crippen LogP contribution in [0.25, 0.3) is 10.9 Å². The van der Waals surface area contributed by atoms with Crippen LogP contribution in [-0.4, -0.2) is 28.1 Å². The van der Waals surface area contributed by atoms with Crippen molar-refractivity contribution in [3.05, 3.63) is 89.4 Å². The summed E-state index contributed by atoms with van der Waals surface area (Å²) in [5.74, 6) is 0.464. The number of halogens is 2. The fraction of sp³-hybridized carbons (Fsp3) is 0.472. The molecular formula is C36H50F2N2O2. The Morgan fingerprint density at radius 2 is 1.86 bits per heavy atom. The molecule has 1 aliphatic rings. The van der Waals surface area contributed by atoms with Gasteiger partial charge in [0.25, 0.3) is 0 Å². The summed E-state index contributed by atoms with van der Waals surface area (Å²) in [6, 6.07) is 13.4. The first-order valence-corrected chi connectivity index (χ1v) is 15.5. The summed E-state index contributed by atoms with van der Waals surface area (Å²) in [5.41, 5.74) is 9.31. The number of fused-ring (bicyclic) bond motifs is 1. The molecule has 4 nitrogen and oxygen atoms in total. The van der Waals surface area contributed by atoms with Crippen LogP contribution in [0.3, 0.4) is 0 Å². The van der Waals surface area contributed by atoms with Crippen molar-refractivity contribution in [3.63, 3.8) is 0 Å². The molecule has 0 bridgehead atoms. The lowest BCUT2D eigenvalue weighted by atomic mass is 9.63. The Hall–Kier alpha value is -3.25. The largest absolute Gasteiger partial charge is 0.508 e. The highest BCUT2D eigenvalue weighted by molar-refractivity contribution is 5.85. The molecule has 4 N–H and O–H groups in total. The van der Waals surface area contributed by atoms with E-state index in [0.717, 1.165) is 53.4 Å². The molecule has 0 spiro atoms. The maximum atomic E-state index is 13.9. The fourth-order valence-electron chi connectivity index (χ4n) is 5.76. The summed E-state index contributed by atoms with van der Waals surface area (Å²) in [6.07, 6.45) is 10.1. The van der Waals surface area contributed by atoms with Crippen molar-refractivity contribution >= 4 is 16.7 Å². The average molecular weight is 581 g/mol. The van der Waals surface area contributed by atoms with Gasteiger partial charge in [0.2, 0.25) is 0 Å². The number of rotatable bonds is 11. The van der Waals surface area contributed by atoms with Crippen molar-refractivity contribution in [1.82, 2.24) is 4.98 Å². The number of aromatic hydroxyl groups is 1. The highest BCUT2D eigenvalue weighted by atomic mass is 19.1. The minimum absolute atomic E-state index is 0.0963. The Morgan fingerprint density at radius 1 is 1.12 bits per heavy atom. The van der Waals surface area contributed by atoms with E-state index in [1.807, 2.05) is 51.1 Å². The molecule has 0 saturated heterocycles. The van der Waals surface area contributed by atoms with E-state index < -0.39 is 12.2 Å². The van der Waals surface area contributed by atoms with Gasteiger partial charge in [-0.1, -0.05) is 78.7 Å². The molecule has 0 saturated carbocycles. The van der Waals surface area contributed by atoms with Crippen LogP contribution in [0.4, 0.5) is 8.78 Å². The van der Waals surface area contributed by atoms with Gasteiger partial charge in [-0.15, -0.1) is 0 Å². The van der Waals surface area contributed by atoms with Crippen molar-refractivity contribution in [3.8, 4) is 5.75 Å². The van der Waals surface area contributed by atoms with E-state index in [-0.39, 0.29) is 22.8 Å². The van der Waals surface area contributed by atoms with Crippen LogP contribution >= 0.6 is 0 Å². The Kier molecular flexibility index (Phi) is 14.2. The van der Waals surface area contributed by atoms with E-state index in [1.165, 1.54) is 6.07 Å². The van der Waals surface area contributed by atoms with Crippen LogP contribution in [-0.2, 0) is 16.6 Å². The van der Waals surface area contributed by atoms with E-state index >= 15 is 0 Å². The molecule has 4 rings (SSSR count). The van der Waals surface area contributed by atoms with Crippen molar-refractivity contribution in [2.45, 2.75) is 104 Å². The van der Waals surface area contributed by atoms with Crippen LogP contribution in [0, 0.1) is 11.7 Å². The Morgan fingerprint density at radius 3 is 2.48 bits per heavy atom. The molecule has 3 unspecified atom stereocenters. The number of phenols is 1. The van der Waals surface area contributed by atoms with E-state index in [1.54, 1.807) is 30.3 Å². The van der Waals surface area contributed by atoms with Crippen molar-refractivity contribution in [2.75, 3.05) is 0 Å². The normalized spacial score (nSPS) is 17.2. The third-order valence-electron chi connectivity index (χ3n) is 8.00. The van der Waals surface area contributed by atoms with Crippen LogP contribution in [0.15, 0.2) is 72.3 Å². The smallest absolute Gasteiger partial charge is 0.149 e. The zero-order valence-electron chi connectivity index (χ0n) is 26.2. The highest BCUT2D eigenvalue weighted by Gasteiger charge is 2.38. The number of hydrogen-bond donors (Lipinski definition) is 3. The highest BCUT2D eigenvalue weighted by Crippen LogP contribution is 2.45. The summed E-state index contributed by atoms with van der Waals surface area (Å²) in [5, 5.41) is 10.3. The second kappa shape index (κ2) is 17.0. The summed E-state index contributed by atoms with van der Waals surface area (Å²) >= 11 is 0. The third-order valence-corrected chi connectivity index (χ3v) is 8.00. The lowest BCUT2D eigenvalue weighted by Crippen LogP contribution is -2.35. The maximum Gasteiger partial charge on any atom is 0.149 e. The summed E-state index contributed by atoms with van der Waals surface area (Å²) in [6.45, 7) is 12.4. The van der Waals surface area contributed by atoms with Crippen LogP contribution in [0.2, 0.25) is 0 Å². The number of allylic oxidation sites excluding steroid dienone is 4. The minimum atomic E-state index is -0.938. The predicted molar refractivity (Wildman–Crippen MR) is 172 cm³/mol. The van der Waals surface area contributed by atoms with Crippen LogP contribution in [0.1, 0.15) is 91.3 Å². The van der Waals surface area contributed by atoms with Gasteiger partial charge in [-0.25, -0.2) is 8.78 Å². The van der Waals surface area contributed by atoms with E-state index in [2.05, 4.69) is 25.8 Å². The van der Waals surface area contributed by atoms with E-state index in [9.17, 15) is 18.7 Å². The number of Topliss-reactive ketones (excluding diaryl/α,β-unsaturated/α-hetero) is 1. The Bertz CT molecular complexity index is 1330. The molecular weight excluding hydrogens is 530 g/mol. The van der Waals surface area contributed by atoms with Crippen molar-refractivity contribution in [2.24, 2.45) is 11.7 Å². The first kappa shape index (κ1) is 34.9. The molecule has 0 fully saturated rings. The molecule has 3 aromatic rings. The average Bonchev–Trinajstić information content (AvgIpc) is 3.38. The zero-order chi connectivity index (χ0) is 31.3. The Labute approximate surface area is 251 Å². The monoisotopic (exact) mass is 580 g/mol. The second-order valence-corrected chi connectivity index (χ2v) is 11.0. The van der Waals surface area contributed by atoms with Gasteiger partial charge in [-0.2, -0.15) is 0 Å². The minimum Gasteiger partial charge on any atom is -0.508 e. The number of alkyl halides is 1. The molecule has 6 heteroatoms.